The van der Waals surface area contributed by atoms with Gasteiger partial charge in [0, 0.05) is 105 Å². The van der Waals surface area contributed by atoms with Crippen LogP contribution < -0.4 is 21.1 Å². The van der Waals surface area contributed by atoms with Gasteiger partial charge in [0.25, 0.3) is 0 Å². The van der Waals surface area contributed by atoms with E-state index in [0.717, 1.165) is 10.5 Å². The Labute approximate surface area is 539 Å². The summed E-state index contributed by atoms with van der Waals surface area (Å²) in [6.45, 7) is 4.77. The van der Waals surface area contributed by atoms with E-state index in [-0.39, 0.29) is 130 Å². The zero-order chi connectivity index (χ0) is 66.0. The SMILES string of the molecule is CCCS(=O)(=O)Nc1cccc(-c2nc(C3CCN(C(=O)CCOCCOCCOCCNC(=O)CCC(=O)N4CC5(CC(c6nn(CC(=O)N(C)CC(=O)NCC(=O)OC)c7cccc(-c8cc9c(cnn9C)cc8F)c67)C5)C4)CC3)sc2-c2ccnc(N)n2)c1F. The summed E-state index contributed by atoms with van der Waals surface area (Å²) in [5.74, 6) is -3.43. The number of esters is 1. The van der Waals surface area contributed by atoms with Crippen molar-refractivity contribution in [2.45, 2.75) is 76.7 Å². The van der Waals surface area contributed by atoms with Crippen LogP contribution in [0.2, 0.25) is 0 Å². The number of hydrogen-bond donors (Lipinski definition) is 4. The third-order valence-corrected chi connectivity index (χ3v) is 19.6. The Balaban J connectivity index is 0.601. The molecule has 6 heterocycles. The quantitative estimate of drug-likeness (QED) is 0.0324. The molecule has 5 amide bonds. The Kier molecular flexibility index (Phi) is 21.7. The predicted octanol–water partition coefficient (Wildman–Crippen LogP) is 5.38. The molecular formula is C63H76F2N14O12S2. The Bertz CT molecular complexity index is 4010. The molecule has 3 fully saturated rings. The fourth-order valence-corrected chi connectivity index (χ4v) is 14.5. The summed E-state index contributed by atoms with van der Waals surface area (Å²) < 4.78 is 84.3. The second kappa shape index (κ2) is 30.0. The number of halogens is 2. The maximum atomic E-state index is 16.1. The lowest BCUT2D eigenvalue weighted by Gasteiger charge is -2.59. The van der Waals surface area contributed by atoms with Crippen molar-refractivity contribution in [2.24, 2.45) is 12.5 Å². The molecule has 496 valence electrons. The number of thiazole rings is 1. The van der Waals surface area contributed by atoms with Crippen LogP contribution in [0.3, 0.4) is 0 Å². The van der Waals surface area contributed by atoms with E-state index in [4.69, 9.17) is 30.0 Å². The summed E-state index contributed by atoms with van der Waals surface area (Å²) in [5, 5.41) is 16.6. The molecule has 0 radical (unpaired) electrons. The summed E-state index contributed by atoms with van der Waals surface area (Å²) >= 11 is 1.35. The molecule has 4 aromatic heterocycles. The molecule has 0 atom stereocenters. The number of hydrogen-bond acceptors (Lipinski definition) is 19. The first kappa shape index (κ1) is 67.3. The number of aromatic nitrogens is 7. The minimum Gasteiger partial charge on any atom is -0.468 e. The average molecular weight is 1320 g/mol. The van der Waals surface area contributed by atoms with Gasteiger partial charge in [-0.2, -0.15) is 10.2 Å². The minimum absolute atomic E-state index is 0.0221. The standard InChI is InChI=1S/C63H76F2N14O12S2/c1-5-28-93(86,87)74-46-10-6-9-43(57(46)65)59-60(47-14-18-68-62(66)71-47)92-61(72-59)39-15-20-77(21-16-39)53(83)17-22-89-24-26-91-27-25-90-23-19-67-50(80)12-13-52(82)78-37-63(38-78)31-41(32-63)58-56-42(44-30-49-40(29-45(44)64)33-70-76(49)3)8-7-11-48(56)79(73-58)36-54(84)75(2)35-51(81)69-34-55(85)88-4/h6-11,14,18,29-30,33,39,41,74H,5,12-13,15-17,19-28,31-32,34-38H2,1-4H3,(H,67,80)(H,69,81)(H2,66,68,71). The maximum absolute atomic E-state index is 16.1. The van der Waals surface area contributed by atoms with Crippen LogP contribution in [0.1, 0.15) is 80.8 Å². The molecule has 93 heavy (non-hydrogen) atoms. The number of ether oxygens (including phenoxy) is 4. The van der Waals surface area contributed by atoms with Gasteiger partial charge in [-0.25, -0.2) is 32.2 Å². The smallest absolute Gasteiger partial charge is 0.325 e. The number of nitrogens with zero attached hydrogens (tertiary/aromatic N) is 10. The van der Waals surface area contributed by atoms with Crippen LogP contribution in [0.4, 0.5) is 20.4 Å². The molecule has 30 heteroatoms. The van der Waals surface area contributed by atoms with Crippen molar-refractivity contribution in [3.63, 3.8) is 0 Å². The van der Waals surface area contributed by atoms with E-state index in [9.17, 15) is 37.2 Å². The van der Waals surface area contributed by atoms with E-state index in [1.807, 2.05) is 12.1 Å². The van der Waals surface area contributed by atoms with Gasteiger partial charge in [-0.1, -0.05) is 25.1 Å². The highest BCUT2D eigenvalue weighted by molar-refractivity contribution is 7.92. The van der Waals surface area contributed by atoms with Crippen LogP contribution in [0.25, 0.3) is 54.8 Å². The van der Waals surface area contributed by atoms with E-state index < -0.39 is 39.4 Å². The highest BCUT2D eigenvalue weighted by Crippen LogP contribution is 2.57. The lowest BCUT2D eigenvalue weighted by molar-refractivity contribution is -0.152. The third-order valence-electron chi connectivity index (χ3n) is 16.9. The number of likely N-dealkylation sites (N-methyl/N-ethyl adjacent to an activating group) is 1. The van der Waals surface area contributed by atoms with Gasteiger partial charge in [0.15, 0.2) is 5.82 Å². The van der Waals surface area contributed by atoms with E-state index >= 15 is 8.78 Å². The Morgan fingerprint density at radius 1 is 0.817 bits per heavy atom. The number of amides is 5. The first-order chi connectivity index (χ1) is 44.7. The van der Waals surface area contributed by atoms with Crippen molar-refractivity contribution in [3.05, 3.63) is 89.3 Å². The van der Waals surface area contributed by atoms with Gasteiger partial charge in [-0.15, -0.1) is 11.3 Å². The van der Waals surface area contributed by atoms with Gasteiger partial charge in [0.05, 0.1) is 115 Å². The Morgan fingerprint density at radius 2 is 1.53 bits per heavy atom. The third kappa shape index (κ3) is 16.3. The van der Waals surface area contributed by atoms with Crippen molar-refractivity contribution in [1.82, 2.24) is 59.8 Å². The molecule has 0 unspecified atom stereocenters. The van der Waals surface area contributed by atoms with Gasteiger partial charge >= 0.3 is 5.97 Å². The van der Waals surface area contributed by atoms with Crippen LogP contribution in [-0.4, -0.2) is 199 Å². The van der Waals surface area contributed by atoms with Crippen molar-refractivity contribution < 1.29 is 64.9 Å². The topological polar surface area (TPSA) is 320 Å². The molecule has 2 saturated heterocycles. The number of anilines is 2. The maximum Gasteiger partial charge on any atom is 0.325 e. The summed E-state index contributed by atoms with van der Waals surface area (Å²) in [6.07, 6.45) is 6.39. The molecule has 7 aromatic rings. The van der Waals surface area contributed by atoms with Gasteiger partial charge in [0.2, 0.25) is 45.5 Å². The summed E-state index contributed by atoms with van der Waals surface area (Å²) in [5.41, 5.74) is 9.47. The summed E-state index contributed by atoms with van der Waals surface area (Å²) in [7, 11) is 0.701. The van der Waals surface area contributed by atoms with Crippen LogP contribution in [-0.2, 0) is 71.3 Å². The fraction of sp³-hybridized carbons (Fsp3) is 0.476. The van der Waals surface area contributed by atoms with Gasteiger partial charge in [-0.05, 0) is 74.1 Å². The largest absolute Gasteiger partial charge is 0.468 e. The number of piperidine rings is 1. The number of fused-ring (bicyclic) bond motifs is 2. The summed E-state index contributed by atoms with van der Waals surface area (Å²) in [4.78, 5) is 95.4. The molecule has 3 aromatic carbocycles. The van der Waals surface area contributed by atoms with Gasteiger partial charge in [0.1, 0.15) is 18.9 Å². The van der Waals surface area contributed by atoms with E-state index in [0.29, 0.717) is 121 Å². The summed E-state index contributed by atoms with van der Waals surface area (Å²) in [6, 6.07) is 14.8. The first-order valence-corrected chi connectivity index (χ1v) is 33.3. The van der Waals surface area contributed by atoms with Crippen molar-refractivity contribution in [2.75, 3.05) is 116 Å². The molecule has 5 N–H and O–H groups in total. The number of sulfonamides is 1. The van der Waals surface area contributed by atoms with Crippen LogP contribution in [0.5, 0.6) is 0 Å². The van der Waals surface area contributed by atoms with Crippen molar-refractivity contribution >= 4 is 90.3 Å². The molecule has 1 spiro atoms. The minimum atomic E-state index is -3.77. The van der Waals surface area contributed by atoms with Crippen molar-refractivity contribution in [1.29, 1.82) is 0 Å². The molecular weight excluding hydrogens is 1250 g/mol. The molecule has 0 bridgehead atoms. The molecule has 26 nitrogen and oxygen atoms in total. The predicted molar refractivity (Wildman–Crippen MR) is 342 cm³/mol. The number of carbonyl (C=O) groups excluding carboxylic acids is 6. The van der Waals surface area contributed by atoms with E-state index in [2.05, 4.69) is 35.2 Å². The Hall–Kier alpha value is -8.58. The first-order valence-electron chi connectivity index (χ1n) is 30.9. The number of rotatable bonds is 30. The number of nitrogens with two attached hydrogens (primary N) is 1. The van der Waals surface area contributed by atoms with E-state index in [1.54, 1.807) is 69.7 Å². The number of nitrogen functional groups attached to an aromatic ring is 1. The normalized spacial score (nSPS) is 14.9. The Morgan fingerprint density at radius 3 is 2.26 bits per heavy atom. The zero-order valence-electron chi connectivity index (χ0n) is 52.3. The monoisotopic (exact) mass is 1320 g/mol. The molecule has 1 saturated carbocycles. The molecule has 1 aliphatic carbocycles. The number of carbonyl (C=O) groups is 6. The van der Waals surface area contributed by atoms with Crippen LogP contribution >= 0.6 is 11.3 Å². The number of likely N-dealkylation sites (tertiary alicyclic amines) is 2. The molecule has 10 rings (SSSR count). The lowest BCUT2D eigenvalue weighted by Crippen LogP contribution is -2.63. The highest BCUT2D eigenvalue weighted by atomic mass is 32.2. The van der Waals surface area contributed by atoms with E-state index in [1.165, 1.54) is 48.7 Å². The van der Waals surface area contributed by atoms with Crippen LogP contribution in [0, 0.1) is 17.0 Å². The molecule has 2 aliphatic heterocycles. The average Bonchev–Trinajstić information content (AvgIpc) is 1.71. The lowest BCUT2D eigenvalue weighted by atomic mass is 9.56. The zero-order valence-corrected chi connectivity index (χ0v) is 53.9. The van der Waals surface area contributed by atoms with Gasteiger partial charge in [-0.3, -0.25) is 42.9 Å². The number of benzene rings is 3. The molecule has 3 aliphatic rings. The number of aryl methyl sites for hydroxylation is 1. The second-order valence-electron chi connectivity index (χ2n) is 23.6. The number of nitrogens with one attached hydrogen (secondary N) is 3. The number of methoxy groups -OCH3 is 1. The van der Waals surface area contributed by atoms with Crippen LogP contribution in [0.15, 0.2) is 67.0 Å². The second-order valence-corrected chi connectivity index (χ2v) is 26.4. The van der Waals surface area contributed by atoms with Gasteiger partial charge < -0.3 is 50.0 Å². The van der Waals surface area contributed by atoms with Crippen molar-refractivity contribution in [3.8, 4) is 33.0 Å². The highest BCUT2D eigenvalue weighted by Gasteiger charge is 2.55. The fourth-order valence-electron chi connectivity index (χ4n) is 12.1.